The second-order valence-electron chi connectivity index (χ2n) is 7.63. The molecule has 0 radical (unpaired) electrons. The predicted octanol–water partition coefficient (Wildman–Crippen LogP) is 2.70. The van der Waals surface area contributed by atoms with Crippen LogP contribution in [0.5, 0.6) is 0 Å². The van der Waals surface area contributed by atoms with Gasteiger partial charge < -0.3 is 10.4 Å². The quantitative estimate of drug-likeness (QED) is 0.788. The molecule has 0 unspecified atom stereocenters. The first kappa shape index (κ1) is 11.7. The Labute approximate surface area is 111 Å². The normalized spacial score (nSPS) is 54.8. The average Bonchev–Trinajstić information content (AvgIpc) is 2.35. The van der Waals surface area contributed by atoms with Crippen molar-refractivity contribution in [2.24, 2.45) is 23.7 Å². The largest absolute Gasteiger partial charge is 0.393 e. The van der Waals surface area contributed by atoms with Crippen LogP contribution in [0.2, 0.25) is 0 Å². The topological polar surface area (TPSA) is 32.3 Å². The van der Waals surface area contributed by atoms with E-state index in [1.54, 1.807) is 6.42 Å². The second kappa shape index (κ2) is 4.49. The van der Waals surface area contributed by atoms with Gasteiger partial charge >= 0.3 is 0 Å². The molecule has 0 amide bonds. The fourth-order valence-electron chi connectivity index (χ4n) is 5.71. The lowest BCUT2D eigenvalue weighted by molar-refractivity contribution is -0.0212. The molecule has 0 atom stereocenters. The summed E-state index contributed by atoms with van der Waals surface area (Å²) in [7, 11) is 0. The summed E-state index contributed by atoms with van der Waals surface area (Å²) in [5.74, 6) is 4.15. The summed E-state index contributed by atoms with van der Waals surface area (Å²) < 4.78 is 0. The molecule has 0 spiro atoms. The first-order chi connectivity index (χ1) is 8.78. The van der Waals surface area contributed by atoms with Gasteiger partial charge in [0.05, 0.1) is 6.10 Å². The van der Waals surface area contributed by atoms with Gasteiger partial charge in [0.15, 0.2) is 0 Å². The van der Waals surface area contributed by atoms with Crippen molar-refractivity contribution in [1.82, 2.24) is 5.32 Å². The van der Waals surface area contributed by atoms with Crippen LogP contribution in [0, 0.1) is 23.7 Å². The van der Waals surface area contributed by atoms with E-state index in [4.69, 9.17) is 0 Å². The standard InChI is InChI=1S/C16H27NO/c18-15-3-1-14(2-4-15)17-16-12-6-10-5-11(8-12)9-13(16)7-10/h10-18H,1-9H2. The minimum absolute atomic E-state index is 0.0125. The van der Waals surface area contributed by atoms with Gasteiger partial charge in [0.2, 0.25) is 0 Å². The van der Waals surface area contributed by atoms with Gasteiger partial charge in [0.25, 0.3) is 0 Å². The summed E-state index contributed by atoms with van der Waals surface area (Å²) in [4.78, 5) is 0. The molecule has 4 bridgehead atoms. The highest BCUT2D eigenvalue weighted by molar-refractivity contribution is 5.02. The van der Waals surface area contributed by atoms with Gasteiger partial charge in [-0.05, 0) is 81.5 Å². The van der Waals surface area contributed by atoms with Crippen molar-refractivity contribution in [1.29, 1.82) is 0 Å². The molecule has 5 fully saturated rings. The van der Waals surface area contributed by atoms with Crippen LogP contribution in [0.15, 0.2) is 0 Å². The second-order valence-corrected chi connectivity index (χ2v) is 7.63. The Kier molecular flexibility index (Phi) is 2.92. The van der Waals surface area contributed by atoms with Crippen LogP contribution in [0.4, 0.5) is 0 Å². The predicted molar refractivity (Wildman–Crippen MR) is 72.2 cm³/mol. The smallest absolute Gasteiger partial charge is 0.0541 e. The third kappa shape index (κ3) is 2.02. The molecule has 18 heavy (non-hydrogen) atoms. The Morgan fingerprint density at radius 1 is 0.722 bits per heavy atom. The van der Waals surface area contributed by atoms with Crippen molar-refractivity contribution in [3.8, 4) is 0 Å². The van der Waals surface area contributed by atoms with Crippen molar-refractivity contribution >= 4 is 0 Å². The molecule has 102 valence electrons. The lowest BCUT2D eigenvalue weighted by Crippen LogP contribution is -2.57. The number of rotatable bonds is 2. The fourth-order valence-corrected chi connectivity index (χ4v) is 5.71. The van der Waals surface area contributed by atoms with E-state index in [0.29, 0.717) is 6.04 Å². The lowest BCUT2D eigenvalue weighted by atomic mass is 9.54. The van der Waals surface area contributed by atoms with Gasteiger partial charge in [0.1, 0.15) is 0 Å². The molecule has 0 aromatic rings. The van der Waals surface area contributed by atoms with E-state index in [9.17, 15) is 5.11 Å². The Hall–Kier alpha value is -0.0800. The zero-order valence-corrected chi connectivity index (χ0v) is 11.4. The summed E-state index contributed by atoms with van der Waals surface area (Å²) >= 11 is 0. The molecule has 0 aliphatic heterocycles. The summed E-state index contributed by atoms with van der Waals surface area (Å²) in [6, 6.07) is 1.54. The van der Waals surface area contributed by atoms with Crippen LogP contribution >= 0.6 is 0 Å². The lowest BCUT2D eigenvalue weighted by Gasteiger charge is -2.55. The van der Waals surface area contributed by atoms with E-state index in [1.165, 1.54) is 38.5 Å². The minimum Gasteiger partial charge on any atom is -0.393 e. The van der Waals surface area contributed by atoms with Crippen LogP contribution in [0.1, 0.15) is 57.8 Å². The van der Waals surface area contributed by atoms with Gasteiger partial charge in [-0.1, -0.05) is 0 Å². The molecule has 0 heterocycles. The fraction of sp³-hybridized carbons (Fsp3) is 1.00. The Morgan fingerprint density at radius 2 is 1.28 bits per heavy atom. The third-order valence-corrected chi connectivity index (χ3v) is 6.35. The first-order valence-electron chi connectivity index (χ1n) is 8.22. The molecular weight excluding hydrogens is 222 g/mol. The molecule has 5 rings (SSSR count). The SMILES string of the molecule is OC1CCC(NC2C3CC4CC(C3)CC2C4)CC1. The maximum atomic E-state index is 9.61. The van der Waals surface area contributed by atoms with Crippen molar-refractivity contribution in [2.45, 2.75) is 76.0 Å². The zero-order chi connectivity index (χ0) is 12.1. The highest BCUT2D eigenvalue weighted by atomic mass is 16.3. The van der Waals surface area contributed by atoms with Crippen molar-refractivity contribution in [3.63, 3.8) is 0 Å². The average molecular weight is 249 g/mol. The van der Waals surface area contributed by atoms with Gasteiger partial charge in [-0.2, -0.15) is 0 Å². The number of hydrogen-bond donors (Lipinski definition) is 2. The third-order valence-electron chi connectivity index (χ3n) is 6.35. The first-order valence-corrected chi connectivity index (χ1v) is 8.22. The van der Waals surface area contributed by atoms with Crippen LogP contribution in [0.3, 0.4) is 0 Å². The van der Waals surface area contributed by atoms with Crippen molar-refractivity contribution in [3.05, 3.63) is 0 Å². The Balaban J connectivity index is 1.40. The van der Waals surface area contributed by atoms with E-state index >= 15 is 0 Å². The van der Waals surface area contributed by atoms with E-state index < -0.39 is 0 Å². The summed E-state index contributed by atoms with van der Waals surface area (Å²) in [6.07, 6.45) is 12.0. The molecule has 2 nitrogen and oxygen atoms in total. The number of aliphatic hydroxyl groups excluding tert-OH is 1. The minimum atomic E-state index is -0.0125. The monoisotopic (exact) mass is 249 g/mol. The van der Waals surface area contributed by atoms with Crippen LogP contribution < -0.4 is 5.32 Å². The van der Waals surface area contributed by atoms with E-state index in [1.807, 2.05) is 0 Å². The molecule has 0 saturated heterocycles. The summed E-state index contributed by atoms with van der Waals surface area (Å²) in [6.45, 7) is 0. The summed E-state index contributed by atoms with van der Waals surface area (Å²) in [5.41, 5.74) is 0. The van der Waals surface area contributed by atoms with E-state index in [0.717, 1.165) is 42.6 Å². The summed E-state index contributed by atoms with van der Waals surface area (Å²) in [5, 5.41) is 13.6. The molecule has 5 saturated carbocycles. The highest BCUT2D eigenvalue weighted by Crippen LogP contribution is 2.53. The van der Waals surface area contributed by atoms with Crippen molar-refractivity contribution < 1.29 is 5.11 Å². The van der Waals surface area contributed by atoms with Crippen LogP contribution in [-0.4, -0.2) is 23.3 Å². The zero-order valence-electron chi connectivity index (χ0n) is 11.4. The molecule has 2 heteroatoms. The van der Waals surface area contributed by atoms with E-state index in [-0.39, 0.29) is 6.10 Å². The van der Waals surface area contributed by atoms with Crippen LogP contribution in [0.25, 0.3) is 0 Å². The molecule has 0 aromatic heterocycles. The molecule has 0 aromatic carbocycles. The number of aliphatic hydroxyl groups is 1. The van der Waals surface area contributed by atoms with Gasteiger partial charge in [0, 0.05) is 12.1 Å². The highest BCUT2D eigenvalue weighted by Gasteiger charge is 2.48. The van der Waals surface area contributed by atoms with Gasteiger partial charge in [-0.25, -0.2) is 0 Å². The maximum absolute atomic E-state index is 9.61. The molecule has 2 N–H and O–H groups in total. The van der Waals surface area contributed by atoms with Crippen LogP contribution in [-0.2, 0) is 0 Å². The Morgan fingerprint density at radius 3 is 1.83 bits per heavy atom. The maximum Gasteiger partial charge on any atom is 0.0541 e. The van der Waals surface area contributed by atoms with Crippen molar-refractivity contribution in [2.75, 3.05) is 0 Å². The molecule has 5 aliphatic rings. The van der Waals surface area contributed by atoms with Gasteiger partial charge in [-0.15, -0.1) is 0 Å². The van der Waals surface area contributed by atoms with Gasteiger partial charge in [-0.3, -0.25) is 0 Å². The Bertz CT molecular complexity index is 280. The van der Waals surface area contributed by atoms with E-state index in [2.05, 4.69) is 5.32 Å². The number of hydrogen-bond acceptors (Lipinski definition) is 2. The number of nitrogens with one attached hydrogen (secondary N) is 1. The molecule has 5 aliphatic carbocycles. The molecular formula is C16H27NO.